The molecule has 0 bridgehead atoms. The predicted molar refractivity (Wildman–Crippen MR) is 232 cm³/mol. The normalized spacial score (nSPS) is 12.3. The quantitative estimate of drug-likeness (QED) is 0.0509. The van der Waals surface area contributed by atoms with Crippen LogP contribution in [0.1, 0.15) is 63.5 Å². The average molecular weight is 966 g/mol. The summed E-state index contributed by atoms with van der Waals surface area (Å²) in [6.45, 7) is 1.96. The minimum absolute atomic E-state index is 0.00331. The van der Waals surface area contributed by atoms with Gasteiger partial charge in [0.25, 0.3) is 0 Å². The first-order valence-corrected chi connectivity index (χ1v) is 23.2. The number of benzene rings is 2. The van der Waals surface area contributed by atoms with Crippen LogP contribution >= 0.6 is 0 Å². The maximum atomic E-state index is 14.8. The van der Waals surface area contributed by atoms with Gasteiger partial charge in [-0.05, 0) is 30.0 Å². The number of aliphatic carboxylic acids is 2. The molecule has 0 radical (unpaired) electrons. The van der Waals surface area contributed by atoms with Gasteiger partial charge in [0.15, 0.2) is 0 Å². The molecule has 2 rings (SSSR count). The van der Waals surface area contributed by atoms with Gasteiger partial charge in [0.05, 0.1) is 26.1 Å². The minimum atomic E-state index is -1.59. The Bertz CT molecular complexity index is 1910. The maximum absolute atomic E-state index is 14.8. The molecule has 0 spiro atoms. The van der Waals surface area contributed by atoms with Crippen molar-refractivity contribution < 1.29 is 62.5 Å². The number of nitrogens with two attached hydrogens (primary N) is 1. The first-order chi connectivity index (χ1) is 30.3. The van der Waals surface area contributed by atoms with Crippen molar-refractivity contribution in [3.05, 3.63) is 71.5 Å². The first kappa shape index (κ1) is 55.6. The van der Waals surface area contributed by atoms with Gasteiger partial charge in [-0.25, -0.2) is 4.39 Å². The van der Waals surface area contributed by atoms with Gasteiger partial charge in [-0.3, -0.25) is 47.9 Å². The summed E-state index contributed by atoms with van der Waals surface area (Å²) in [5.41, 5.74) is 5.74. The summed E-state index contributed by atoms with van der Waals surface area (Å²) in [5, 5.41) is 33.4. The number of primary amides is 1. The molecule has 352 valence electrons. The average Bonchev–Trinajstić information content (AvgIpc) is 3.26. The van der Waals surface area contributed by atoms with E-state index in [1.165, 1.54) is 30.6 Å². The van der Waals surface area contributed by atoms with E-state index in [4.69, 9.17) is 15.9 Å². The molecule has 2 aromatic rings. The molecule has 4 atom stereocenters. The fourth-order valence-corrected chi connectivity index (χ4v) is 5.50. The third kappa shape index (κ3) is 22.6. The predicted octanol–water partition coefficient (Wildman–Crippen LogP) is -0.567. The second-order valence-electron chi connectivity index (χ2n) is 14.1. The van der Waals surface area contributed by atoms with Crippen LogP contribution < -0.4 is 37.6 Å². The van der Waals surface area contributed by atoms with Gasteiger partial charge in [-0.2, -0.15) is 0 Å². The first-order valence-electron chi connectivity index (χ1n) is 20.3. The molecule has 0 heterocycles. The zero-order chi connectivity index (χ0) is 48.2. The molecule has 22 heteroatoms. The standard InChI is InChI=1S/C39H51FN8O12.C3H8Se/c1-3-4-14-30(49)45-26(15-16-34(53)54)37(58)43-20-31(50)42-22-33(52)48(2)29(17-23-10-6-5-7-11-23)39(60)47-28(18-24-12-8-9-13-25(24)40)38(59)44-21-32(51)46-27(36(41)57)19-35(55)56;1-3-4-2/h5-13,26-29H,3-4,14-22H2,1-2H3,(H2,41,57)(H,42,50)(H,43,58)(H,44,59)(H,45,49)(H,46,51)(H,47,60)(H,53,54)(H,55,56);3H2,1-2H3/t26-,27-,28-,29-;/m0./s1. The monoisotopic (exact) mass is 966 g/mol. The van der Waals surface area contributed by atoms with Crippen LogP contribution in [0.5, 0.6) is 0 Å². The van der Waals surface area contributed by atoms with Crippen LogP contribution in [-0.2, 0) is 60.8 Å². The van der Waals surface area contributed by atoms with Gasteiger partial charge in [0.1, 0.15) is 30.0 Å². The van der Waals surface area contributed by atoms with Crippen LogP contribution in [0.2, 0.25) is 11.1 Å². The van der Waals surface area contributed by atoms with E-state index in [1.807, 2.05) is 6.92 Å². The molecule has 8 amide bonds. The molecule has 2 aromatic carbocycles. The Hall–Kier alpha value is -6.41. The summed E-state index contributed by atoms with van der Waals surface area (Å²) in [6.07, 6.45) is -0.657. The zero-order valence-corrected chi connectivity index (χ0v) is 38.0. The third-order valence-electron chi connectivity index (χ3n) is 9.14. The Morgan fingerprint density at radius 1 is 0.688 bits per heavy atom. The van der Waals surface area contributed by atoms with Gasteiger partial charge >= 0.3 is 45.0 Å². The SMILES string of the molecule is CCCCC(=O)N[C@@H](CCC(=O)O)C(=O)NCC(=O)NCC(=O)N(C)[C@@H](Cc1ccccc1)C(=O)N[C@@H](Cc1ccccc1F)C(=O)NCC(=O)N[C@@H](CC(=O)O)C(N)=O.CC[Se]C. The molecule has 0 aromatic heterocycles. The summed E-state index contributed by atoms with van der Waals surface area (Å²) in [5.74, 6) is -8.01. The molecular weight excluding hydrogens is 906 g/mol. The summed E-state index contributed by atoms with van der Waals surface area (Å²) in [4.78, 5) is 126. The number of carbonyl (C=O) groups is 10. The van der Waals surface area contributed by atoms with Gasteiger partial charge in [0, 0.05) is 32.7 Å². The van der Waals surface area contributed by atoms with E-state index in [-0.39, 0.29) is 24.8 Å². The van der Waals surface area contributed by atoms with Crippen molar-refractivity contribution in [3.8, 4) is 0 Å². The molecule has 64 heavy (non-hydrogen) atoms. The number of hydrogen-bond acceptors (Lipinski definition) is 10. The Morgan fingerprint density at radius 3 is 1.83 bits per heavy atom. The summed E-state index contributed by atoms with van der Waals surface area (Å²) >= 11 is 0.917. The van der Waals surface area contributed by atoms with Crippen molar-refractivity contribution in [1.29, 1.82) is 0 Å². The molecule has 0 unspecified atom stereocenters. The number of halogens is 1. The van der Waals surface area contributed by atoms with E-state index >= 15 is 0 Å². The molecule has 0 fully saturated rings. The van der Waals surface area contributed by atoms with Crippen LogP contribution in [0.25, 0.3) is 0 Å². The zero-order valence-electron chi connectivity index (χ0n) is 36.3. The fourth-order valence-electron chi connectivity index (χ4n) is 5.50. The fraction of sp³-hybridized carbons (Fsp3) is 0.476. The Balaban J connectivity index is 0.00000490. The molecule has 0 aliphatic carbocycles. The van der Waals surface area contributed by atoms with Gasteiger partial charge < -0.3 is 52.7 Å². The third-order valence-corrected chi connectivity index (χ3v) is 10.3. The van der Waals surface area contributed by atoms with Crippen LogP contribution in [0.4, 0.5) is 4.39 Å². The number of nitrogens with one attached hydrogen (secondary N) is 6. The molecular formula is C42H59FN8O12Se. The van der Waals surface area contributed by atoms with Crippen LogP contribution in [0.15, 0.2) is 54.6 Å². The van der Waals surface area contributed by atoms with Gasteiger partial charge in [0.2, 0.25) is 47.3 Å². The number of unbranched alkanes of at least 4 members (excludes halogenated alkanes) is 1. The van der Waals surface area contributed by atoms with Gasteiger partial charge in [-0.1, -0.05) is 61.9 Å². The Labute approximate surface area is 376 Å². The second kappa shape index (κ2) is 30.6. The number of hydrogen-bond donors (Lipinski definition) is 9. The van der Waals surface area contributed by atoms with Crippen molar-refractivity contribution in [2.75, 3.05) is 26.7 Å². The number of amides is 8. The molecule has 0 saturated carbocycles. The molecule has 20 nitrogen and oxygen atoms in total. The van der Waals surface area contributed by atoms with Crippen LogP contribution in [0, 0.1) is 5.82 Å². The molecule has 0 aliphatic rings. The number of carboxylic acid groups (broad SMARTS) is 2. The Kier molecular flexibility index (Phi) is 26.6. The summed E-state index contributed by atoms with van der Waals surface area (Å²) < 4.78 is 14.8. The Morgan fingerprint density at radius 2 is 1.27 bits per heavy atom. The number of likely N-dealkylation sites (N-methyl/N-ethyl adjacent to an activating group) is 1. The van der Waals surface area contributed by atoms with Gasteiger partial charge in [-0.15, -0.1) is 0 Å². The van der Waals surface area contributed by atoms with Crippen LogP contribution in [-0.4, -0.2) is 140 Å². The van der Waals surface area contributed by atoms with Crippen molar-refractivity contribution in [1.82, 2.24) is 36.8 Å². The van der Waals surface area contributed by atoms with Crippen molar-refractivity contribution in [3.63, 3.8) is 0 Å². The van der Waals surface area contributed by atoms with Crippen LogP contribution in [0.3, 0.4) is 0 Å². The summed E-state index contributed by atoms with van der Waals surface area (Å²) in [6, 6.07) is 8.10. The molecule has 0 aliphatic heterocycles. The molecule has 10 N–H and O–H groups in total. The van der Waals surface area contributed by atoms with E-state index in [1.54, 1.807) is 30.3 Å². The van der Waals surface area contributed by atoms with E-state index in [0.717, 1.165) is 25.9 Å². The van der Waals surface area contributed by atoms with Crippen molar-refractivity contribution in [2.24, 2.45) is 5.73 Å². The topological polar surface area (TPSA) is 313 Å². The number of rotatable bonds is 27. The van der Waals surface area contributed by atoms with E-state index in [2.05, 4.69) is 44.6 Å². The summed E-state index contributed by atoms with van der Waals surface area (Å²) in [7, 11) is 1.26. The number of carboxylic acids is 2. The van der Waals surface area contributed by atoms with Crippen molar-refractivity contribution >= 4 is 74.2 Å². The number of nitrogens with zero attached hydrogens (tertiary/aromatic N) is 1. The van der Waals surface area contributed by atoms with E-state index in [9.17, 15) is 52.3 Å². The van der Waals surface area contributed by atoms with E-state index < -0.39 is 128 Å². The number of carbonyl (C=O) groups excluding carboxylic acids is 8. The van der Waals surface area contributed by atoms with Crippen molar-refractivity contribution in [2.45, 2.75) is 101 Å². The molecule has 0 saturated heterocycles. The van der Waals surface area contributed by atoms with E-state index in [0.29, 0.717) is 18.4 Å². The second-order valence-corrected chi connectivity index (χ2v) is 16.6.